The molecular formula is C17H24N2. The smallest absolute Gasteiger partial charge is 0.0212 e. The first-order valence-corrected chi connectivity index (χ1v) is 7.24. The number of nitrogens with one attached hydrogen (secondary N) is 1. The zero-order valence-electron chi connectivity index (χ0n) is 11.7. The normalized spacial score (nSPS) is 12.7. The second-order valence-electron chi connectivity index (χ2n) is 5.17. The lowest BCUT2D eigenvalue weighted by Crippen LogP contribution is -2.33. The molecule has 0 amide bonds. The Morgan fingerprint density at radius 3 is 2.74 bits per heavy atom. The third kappa shape index (κ3) is 4.05. The van der Waals surface area contributed by atoms with Gasteiger partial charge in [0.1, 0.15) is 0 Å². The predicted octanol–water partition coefficient (Wildman–Crippen LogP) is 3.45. The van der Waals surface area contributed by atoms with E-state index in [9.17, 15) is 0 Å². The topological polar surface area (TPSA) is 38.0 Å². The van der Waals surface area contributed by atoms with Crippen LogP contribution in [0.1, 0.15) is 31.7 Å². The zero-order valence-corrected chi connectivity index (χ0v) is 11.7. The van der Waals surface area contributed by atoms with Gasteiger partial charge < -0.3 is 11.1 Å². The fourth-order valence-corrected chi connectivity index (χ4v) is 2.41. The summed E-state index contributed by atoms with van der Waals surface area (Å²) in [5.41, 5.74) is 7.42. The third-order valence-corrected chi connectivity index (χ3v) is 3.53. The van der Waals surface area contributed by atoms with Crippen LogP contribution in [-0.2, 0) is 6.54 Å². The standard InChI is InChI=1S/C17H24N2/c1-2-3-10-16(18)13-19-12-15-9-6-8-14-7-4-5-11-17(14)15/h4-9,11,16,19H,2-3,10,12-13,18H2,1H3. The van der Waals surface area contributed by atoms with Crippen LogP contribution < -0.4 is 11.1 Å². The molecule has 0 saturated carbocycles. The number of rotatable bonds is 7. The predicted molar refractivity (Wildman–Crippen MR) is 83.2 cm³/mol. The minimum Gasteiger partial charge on any atom is -0.327 e. The molecule has 0 saturated heterocycles. The molecule has 2 rings (SSSR count). The summed E-state index contributed by atoms with van der Waals surface area (Å²) < 4.78 is 0. The number of fused-ring (bicyclic) bond motifs is 1. The number of nitrogens with two attached hydrogens (primary N) is 1. The minimum absolute atomic E-state index is 0.273. The van der Waals surface area contributed by atoms with Gasteiger partial charge in [0.05, 0.1) is 0 Å². The number of hydrogen-bond acceptors (Lipinski definition) is 2. The van der Waals surface area contributed by atoms with Gasteiger partial charge in [0.15, 0.2) is 0 Å². The Bertz CT molecular complexity index is 502. The van der Waals surface area contributed by atoms with E-state index in [4.69, 9.17) is 5.73 Å². The summed E-state index contributed by atoms with van der Waals surface area (Å²) in [6.45, 7) is 3.99. The van der Waals surface area contributed by atoms with E-state index in [1.807, 2.05) is 0 Å². The molecule has 2 heteroatoms. The summed E-state index contributed by atoms with van der Waals surface area (Å²) in [5.74, 6) is 0. The fraction of sp³-hybridized carbons (Fsp3) is 0.412. The van der Waals surface area contributed by atoms with Crippen LogP contribution in [0.3, 0.4) is 0 Å². The van der Waals surface area contributed by atoms with Gasteiger partial charge in [-0.2, -0.15) is 0 Å². The molecule has 0 fully saturated rings. The number of hydrogen-bond donors (Lipinski definition) is 2. The molecule has 2 aromatic rings. The highest BCUT2D eigenvalue weighted by Gasteiger charge is 2.03. The Balaban J connectivity index is 1.91. The van der Waals surface area contributed by atoms with Gasteiger partial charge in [0, 0.05) is 19.1 Å². The average Bonchev–Trinajstić information content (AvgIpc) is 2.45. The van der Waals surface area contributed by atoms with Crippen molar-refractivity contribution in [3.8, 4) is 0 Å². The Hall–Kier alpha value is -1.38. The van der Waals surface area contributed by atoms with Gasteiger partial charge >= 0.3 is 0 Å². The first kappa shape index (κ1) is 14.0. The van der Waals surface area contributed by atoms with Crippen molar-refractivity contribution in [2.24, 2.45) is 5.73 Å². The lowest BCUT2D eigenvalue weighted by atomic mass is 10.0. The van der Waals surface area contributed by atoms with Gasteiger partial charge in [0.25, 0.3) is 0 Å². The van der Waals surface area contributed by atoms with Crippen LogP contribution in [0, 0.1) is 0 Å². The monoisotopic (exact) mass is 256 g/mol. The molecule has 0 aliphatic heterocycles. The van der Waals surface area contributed by atoms with Crippen LogP contribution in [0.25, 0.3) is 10.8 Å². The van der Waals surface area contributed by atoms with E-state index in [0.717, 1.165) is 19.5 Å². The zero-order chi connectivity index (χ0) is 13.5. The molecule has 1 atom stereocenters. The highest BCUT2D eigenvalue weighted by Crippen LogP contribution is 2.18. The lowest BCUT2D eigenvalue weighted by Gasteiger charge is -2.13. The van der Waals surface area contributed by atoms with Crippen LogP contribution in [0.4, 0.5) is 0 Å². The minimum atomic E-state index is 0.273. The number of unbranched alkanes of at least 4 members (excludes halogenated alkanes) is 1. The molecule has 0 bridgehead atoms. The Kier molecular flexibility index (Phi) is 5.37. The molecule has 0 spiro atoms. The summed E-state index contributed by atoms with van der Waals surface area (Å²) in [7, 11) is 0. The SMILES string of the molecule is CCCCC(N)CNCc1cccc2ccccc12. The summed E-state index contributed by atoms with van der Waals surface area (Å²) in [4.78, 5) is 0. The first-order valence-electron chi connectivity index (χ1n) is 7.24. The van der Waals surface area contributed by atoms with Gasteiger partial charge in [0.2, 0.25) is 0 Å². The Labute approximate surface area is 116 Å². The maximum absolute atomic E-state index is 6.07. The van der Waals surface area contributed by atoms with E-state index in [1.54, 1.807) is 0 Å². The van der Waals surface area contributed by atoms with Gasteiger partial charge in [-0.3, -0.25) is 0 Å². The van der Waals surface area contributed by atoms with Gasteiger partial charge in [-0.05, 0) is 22.8 Å². The molecule has 0 aliphatic carbocycles. The first-order chi connectivity index (χ1) is 9.31. The van der Waals surface area contributed by atoms with Gasteiger partial charge in [-0.25, -0.2) is 0 Å². The van der Waals surface area contributed by atoms with Crippen LogP contribution in [0.15, 0.2) is 42.5 Å². The average molecular weight is 256 g/mol. The van der Waals surface area contributed by atoms with E-state index in [1.165, 1.54) is 29.2 Å². The van der Waals surface area contributed by atoms with Crippen LogP contribution in [-0.4, -0.2) is 12.6 Å². The van der Waals surface area contributed by atoms with Crippen LogP contribution in [0.2, 0.25) is 0 Å². The molecule has 0 aromatic heterocycles. The molecule has 19 heavy (non-hydrogen) atoms. The lowest BCUT2D eigenvalue weighted by molar-refractivity contribution is 0.525. The number of benzene rings is 2. The summed E-state index contributed by atoms with van der Waals surface area (Å²) in [6.07, 6.45) is 3.55. The van der Waals surface area contributed by atoms with E-state index < -0.39 is 0 Å². The van der Waals surface area contributed by atoms with Crippen molar-refractivity contribution < 1.29 is 0 Å². The van der Waals surface area contributed by atoms with E-state index in [-0.39, 0.29) is 6.04 Å². The Morgan fingerprint density at radius 2 is 1.89 bits per heavy atom. The maximum atomic E-state index is 6.07. The van der Waals surface area contributed by atoms with Crippen molar-refractivity contribution in [1.29, 1.82) is 0 Å². The highest BCUT2D eigenvalue weighted by molar-refractivity contribution is 5.85. The van der Waals surface area contributed by atoms with E-state index in [0.29, 0.717) is 0 Å². The molecular weight excluding hydrogens is 232 g/mol. The third-order valence-electron chi connectivity index (χ3n) is 3.53. The van der Waals surface area contributed by atoms with Gasteiger partial charge in [-0.15, -0.1) is 0 Å². The molecule has 0 heterocycles. The van der Waals surface area contributed by atoms with Crippen LogP contribution >= 0.6 is 0 Å². The molecule has 3 N–H and O–H groups in total. The second kappa shape index (κ2) is 7.27. The van der Waals surface area contributed by atoms with Crippen molar-refractivity contribution in [1.82, 2.24) is 5.32 Å². The molecule has 102 valence electrons. The second-order valence-corrected chi connectivity index (χ2v) is 5.17. The largest absolute Gasteiger partial charge is 0.327 e. The van der Waals surface area contributed by atoms with Crippen molar-refractivity contribution >= 4 is 10.8 Å². The van der Waals surface area contributed by atoms with Crippen molar-refractivity contribution in [3.63, 3.8) is 0 Å². The molecule has 2 nitrogen and oxygen atoms in total. The van der Waals surface area contributed by atoms with Crippen molar-refractivity contribution in [2.75, 3.05) is 6.54 Å². The van der Waals surface area contributed by atoms with Crippen molar-refractivity contribution in [3.05, 3.63) is 48.0 Å². The highest BCUT2D eigenvalue weighted by atomic mass is 14.9. The maximum Gasteiger partial charge on any atom is 0.0212 e. The van der Waals surface area contributed by atoms with E-state index >= 15 is 0 Å². The molecule has 0 radical (unpaired) electrons. The summed E-state index contributed by atoms with van der Waals surface area (Å²) in [6, 6.07) is 15.3. The van der Waals surface area contributed by atoms with Crippen LogP contribution in [0.5, 0.6) is 0 Å². The summed E-state index contributed by atoms with van der Waals surface area (Å²) in [5, 5.41) is 6.11. The summed E-state index contributed by atoms with van der Waals surface area (Å²) >= 11 is 0. The molecule has 1 unspecified atom stereocenters. The molecule has 2 aromatic carbocycles. The van der Waals surface area contributed by atoms with Crippen molar-refractivity contribution in [2.45, 2.75) is 38.8 Å². The Morgan fingerprint density at radius 1 is 1.11 bits per heavy atom. The fourth-order valence-electron chi connectivity index (χ4n) is 2.41. The van der Waals surface area contributed by atoms with Gasteiger partial charge in [-0.1, -0.05) is 62.2 Å². The quantitative estimate of drug-likeness (QED) is 0.796. The van der Waals surface area contributed by atoms with E-state index in [2.05, 4.69) is 54.7 Å². The molecule has 0 aliphatic rings.